The van der Waals surface area contributed by atoms with Crippen molar-refractivity contribution in [3.63, 3.8) is 0 Å². The topological polar surface area (TPSA) is 103 Å². The molecule has 2 N–H and O–H groups in total. The zero-order valence-corrected chi connectivity index (χ0v) is 15.1. The summed E-state index contributed by atoms with van der Waals surface area (Å²) in [6.45, 7) is 0.506. The molecule has 9 heteroatoms. The molecule has 0 saturated heterocycles. The van der Waals surface area contributed by atoms with Gasteiger partial charge in [-0.25, -0.2) is 14.5 Å². The van der Waals surface area contributed by atoms with Crippen LogP contribution in [0.1, 0.15) is 5.56 Å². The molecular formula is C17H17N3O5P+. The molecule has 0 aliphatic rings. The normalized spacial score (nSPS) is 11.1. The lowest BCUT2D eigenvalue weighted by Crippen LogP contribution is -2.03. The molecule has 8 nitrogen and oxygen atoms in total. The molecule has 0 amide bonds. The van der Waals surface area contributed by atoms with E-state index >= 15 is 0 Å². The first-order valence-electron chi connectivity index (χ1n) is 7.64. The Labute approximate surface area is 150 Å². The second kappa shape index (κ2) is 7.95. The molecule has 1 heterocycles. The largest absolute Gasteiger partial charge is 0.747 e. The predicted molar refractivity (Wildman–Crippen MR) is 96.9 cm³/mol. The van der Waals surface area contributed by atoms with Gasteiger partial charge < -0.3 is 14.8 Å². The summed E-state index contributed by atoms with van der Waals surface area (Å²) >= 11 is 0. The molecule has 0 bridgehead atoms. The van der Waals surface area contributed by atoms with Gasteiger partial charge in [0, 0.05) is 22.6 Å². The monoisotopic (exact) mass is 374 g/mol. The zero-order chi connectivity index (χ0) is 18.5. The maximum absolute atomic E-state index is 10.7. The van der Waals surface area contributed by atoms with Gasteiger partial charge >= 0.3 is 8.25 Å². The summed E-state index contributed by atoms with van der Waals surface area (Å²) in [5.74, 6) is 2.19. The van der Waals surface area contributed by atoms with Gasteiger partial charge in [0.25, 0.3) is 0 Å². The smallest absolute Gasteiger partial charge is 0.493 e. The first kappa shape index (κ1) is 17.8. The van der Waals surface area contributed by atoms with Crippen molar-refractivity contribution in [3.05, 3.63) is 48.3 Å². The number of anilines is 1. The number of ether oxygens (including phenoxy) is 2. The Kier molecular flexibility index (Phi) is 5.46. The number of benzene rings is 2. The molecule has 0 aliphatic carbocycles. The highest BCUT2D eigenvalue weighted by Gasteiger charge is 2.14. The first-order valence-corrected chi connectivity index (χ1v) is 8.77. The maximum atomic E-state index is 10.7. The summed E-state index contributed by atoms with van der Waals surface area (Å²) in [5.41, 5.74) is 1.69. The molecule has 26 heavy (non-hydrogen) atoms. The van der Waals surface area contributed by atoms with E-state index in [0.717, 1.165) is 16.5 Å². The Morgan fingerprint density at radius 2 is 1.77 bits per heavy atom. The van der Waals surface area contributed by atoms with Crippen LogP contribution in [0.2, 0.25) is 0 Å². The number of rotatable bonds is 7. The molecule has 1 aromatic heterocycles. The van der Waals surface area contributed by atoms with Crippen LogP contribution in [0, 0.1) is 0 Å². The van der Waals surface area contributed by atoms with Crippen molar-refractivity contribution in [2.45, 2.75) is 6.54 Å². The van der Waals surface area contributed by atoms with Crippen molar-refractivity contribution < 1.29 is 23.5 Å². The van der Waals surface area contributed by atoms with Gasteiger partial charge in [-0.15, -0.1) is 4.89 Å². The minimum Gasteiger partial charge on any atom is -0.493 e. The van der Waals surface area contributed by atoms with E-state index in [2.05, 4.69) is 15.3 Å². The van der Waals surface area contributed by atoms with Gasteiger partial charge in [0.2, 0.25) is 0 Å². The summed E-state index contributed by atoms with van der Waals surface area (Å²) < 4.78 is 26.0. The van der Waals surface area contributed by atoms with E-state index < -0.39 is 8.25 Å². The van der Waals surface area contributed by atoms with Crippen LogP contribution in [0.25, 0.3) is 10.9 Å². The van der Waals surface area contributed by atoms with Crippen LogP contribution in [0.4, 0.5) is 5.82 Å². The summed E-state index contributed by atoms with van der Waals surface area (Å²) in [5, 5.41) is 4.07. The molecule has 1 unspecified atom stereocenters. The van der Waals surface area contributed by atoms with E-state index in [-0.39, 0.29) is 0 Å². The summed E-state index contributed by atoms with van der Waals surface area (Å²) in [6, 6.07) is 10.5. The van der Waals surface area contributed by atoms with Crippen molar-refractivity contribution in [1.29, 1.82) is 0 Å². The van der Waals surface area contributed by atoms with E-state index in [1.165, 1.54) is 6.33 Å². The molecule has 0 fully saturated rings. The van der Waals surface area contributed by atoms with E-state index in [1.54, 1.807) is 44.6 Å². The van der Waals surface area contributed by atoms with E-state index in [1.807, 2.05) is 6.07 Å². The SMILES string of the molecule is COc1cc2ncnc(NCc3ccc(O[P+](=O)O)cc3)c2cc1OC. The zero-order valence-electron chi connectivity index (χ0n) is 14.2. The fourth-order valence-corrected chi connectivity index (χ4v) is 2.77. The van der Waals surface area contributed by atoms with Crippen LogP contribution in [-0.2, 0) is 11.1 Å². The van der Waals surface area contributed by atoms with Gasteiger partial charge in [0.15, 0.2) is 17.2 Å². The average Bonchev–Trinajstić information content (AvgIpc) is 2.65. The Balaban J connectivity index is 1.81. The number of nitrogens with zero attached hydrogens (tertiary/aromatic N) is 2. The highest BCUT2D eigenvalue weighted by Crippen LogP contribution is 2.33. The molecule has 0 spiro atoms. The third kappa shape index (κ3) is 3.99. The standard InChI is InChI=1S/C17H16N3O5P/c1-23-15-7-13-14(8-16(15)24-2)19-10-20-17(13)18-9-11-3-5-12(6-4-11)25-26(21)22/h3-8,10H,9H2,1-2H3,(H-,18,19,20,21,22)/p+1. The average molecular weight is 374 g/mol. The highest BCUT2D eigenvalue weighted by atomic mass is 31.1. The molecule has 1 atom stereocenters. The van der Waals surface area contributed by atoms with Gasteiger partial charge in [0.1, 0.15) is 12.1 Å². The molecule has 3 aromatic rings. The number of hydrogen-bond acceptors (Lipinski definition) is 7. The van der Waals surface area contributed by atoms with Crippen LogP contribution in [0.5, 0.6) is 17.2 Å². The van der Waals surface area contributed by atoms with E-state index in [4.69, 9.17) is 18.9 Å². The Hall–Kier alpha value is -2.96. The number of aromatic nitrogens is 2. The van der Waals surface area contributed by atoms with Crippen LogP contribution in [0.3, 0.4) is 0 Å². The van der Waals surface area contributed by atoms with Crippen molar-refractivity contribution in [1.82, 2.24) is 9.97 Å². The fraction of sp³-hybridized carbons (Fsp3) is 0.176. The molecular weight excluding hydrogens is 357 g/mol. The Morgan fingerprint density at radius 1 is 1.08 bits per heavy atom. The quantitative estimate of drug-likeness (QED) is 0.608. The highest BCUT2D eigenvalue weighted by molar-refractivity contribution is 7.32. The van der Waals surface area contributed by atoms with Crippen molar-refractivity contribution in [2.24, 2.45) is 0 Å². The van der Waals surface area contributed by atoms with Gasteiger partial charge in [-0.05, 0) is 23.8 Å². The summed E-state index contributed by atoms with van der Waals surface area (Å²) in [7, 11) is 0.483. The molecule has 134 valence electrons. The van der Waals surface area contributed by atoms with Crippen molar-refractivity contribution in [3.8, 4) is 17.2 Å². The molecule has 0 saturated carbocycles. The number of methoxy groups -OCH3 is 2. The maximum Gasteiger partial charge on any atom is 0.747 e. The van der Waals surface area contributed by atoms with E-state index in [9.17, 15) is 4.57 Å². The molecule has 3 rings (SSSR count). The van der Waals surface area contributed by atoms with Gasteiger partial charge in [-0.1, -0.05) is 12.1 Å². The molecule has 0 radical (unpaired) electrons. The Bertz CT molecular complexity index is 934. The lowest BCUT2D eigenvalue weighted by molar-refractivity contribution is 0.356. The second-order valence-electron chi connectivity index (χ2n) is 5.27. The van der Waals surface area contributed by atoms with Gasteiger partial charge in [0.05, 0.1) is 19.7 Å². The summed E-state index contributed by atoms with van der Waals surface area (Å²) in [6.07, 6.45) is 1.48. The van der Waals surface area contributed by atoms with Crippen LogP contribution >= 0.6 is 8.25 Å². The number of nitrogens with one attached hydrogen (secondary N) is 1. The first-order chi connectivity index (χ1) is 12.6. The summed E-state index contributed by atoms with van der Waals surface area (Å²) in [4.78, 5) is 17.3. The number of fused-ring (bicyclic) bond motifs is 1. The van der Waals surface area contributed by atoms with E-state index in [0.29, 0.717) is 29.6 Å². The van der Waals surface area contributed by atoms with Crippen LogP contribution in [0.15, 0.2) is 42.7 Å². The predicted octanol–water partition coefficient (Wildman–Crippen LogP) is 3.29. The second-order valence-corrected chi connectivity index (χ2v) is 5.93. The molecule has 2 aromatic carbocycles. The van der Waals surface area contributed by atoms with Gasteiger partial charge in [-0.3, -0.25) is 0 Å². The Morgan fingerprint density at radius 3 is 2.42 bits per heavy atom. The molecule has 0 aliphatic heterocycles. The fourth-order valence-electron chi connectivity index (χ4n) is 2.47. The third-order valence-corrected chi connectivity index (χ3v) is 4.07. The van der Waals surface area contributed by atoms with Crippen molar-refractivity contribution >= 4 is 25.0 Å². The number of hydrogen-bond donors (Lipinski definition) is 2. The minimum atomic E-state index is -2.66. The lowest BCUT2D eigenvalue weighted by Gasteiger charge is -2.12. The minimum absolute atomic E-state index is 0.335. The van der Waals surface area contributed by atoms with Gasteiger partial charge in [-0.2, -0.15) is 0 Å². The van der Waals surface area contributed by atoms with Crippen molar-refractivity contribution in [2.75, 3.05) is 19.5 Å². The van der Waals surface area contributed by atoms with Crippen LogP contribution in [-0.4, -0.2) is 29.1 Å². The third-order valence-electron chi connectivity index (χ3n) is 3.71. The lowest BCUT2D eigenvalue weighted by atomic mass is 10.2. The van der Waals surface area contributed by atoms with Crippen LogP contribution < -0.4 is 19.3 Å².